The minimum absolute atomic E-state index is 0.0766. The number of carbonyl (C=O) groups is 2. The molecule has 1 aromatic heterocycles. The van der Waals surface area contributed by atoms with Crippen molar-refractivity contribution in [1.29, 1.82) is 0 Å². The molecule has 1 N–H and O–H groups in total. The summed E-state index contributed by atoms with van der Waals surface area (Å²) < 4.78 is 31.7. The Labute approximate surface area is 186 Å². The Bertz CT molecular complexity index is 1030. The summed E-state index contributed by atoms with van der Waals surface area (Å²) in [6.07, 6.45) is 1.55. The third-order valence-corrected chi connectivity index (χ3v) is 7.88. The highest BCUT2D eigenvalue weighted by molar-refractivity contribution is 7.89. The zero-order valence-electron chi connectivity index (χ0n) is 14.8. The monoisotopic (exact) mass is 496 g/mol. The van der Waals surface area contributed by atoms with Crippen LogP contribution in [0.5, 0.6) is 0 Å². The fourth-order valence-corrected chi connectivity index (χ4v) is 6.46. The molecule has 0 atom stereocenters. The van der Waals surface area contributed by atoms with E-state index in [-0.39, 0.29) is 25.5 Å². The Kier molecular flexibility index (Phi) is 7.08. The molecule has 1 fully saturated rings. The van der Waals surface area contributed by atoms with Crippen LogP contribution in [0.4, 0.5) is 5.69 Å². The van der Waals surface area contributed by atoms with Crippen LogP contribution in [0.15, 0.2) is 28.5 Å². The number of thiophene rings is 1. The van der Waals surface area contributed by atoms with Gasteiger partial charge in [-0.15, -0.1) is 11.3 Å². The molecule has 1 saturated heterocycles. The molecule has 0 unspecified atom stereocenters. The van der Waals surface area contributed by atoms with Crippen LogP contribution >= 0.6 is 46.1 Å². The van der Waals surface area contributed by atoms with E-state index in [1.807, 2.05) is 0 Å². The lowest BCUT2D eigenvalue weighted by Crippen LogP contribution is -2.29. The standard InChI is InChI=1S/C17H15Cl3N2O5S2/c18-10-7-11(19)15(12(20)8-10)21-14(23)9-27-17(24)16-13(3-6-28-16)29(25,26)22-4-1-2-5-22/h3,6-8H,1-2,4-5,9H2,(H,21,23). The molecule has 3 rings (SSSR count). The van der Waals surface area contributed by atoms with E-state index < -0.39 is 28.5 Å². The maximum atomic E-state index is 12.7. The van der Waals surface area contributed by atoms with Crippen molar-refractivity contribution in [1.82, 2.24) is 4.31 Å². The van der Waals surface area contributed by atoms with Crippen LogP contribution in [0.1, 0.15) is 22.5 Å². The van der Waals surface area contributed by atoms with Gasteiger partial charge in [0.05, 0.1) is 15.7 Å². The van der Waals surface area contributed by atoms with Crippen LogP contribution in [0.2, 0.25) is 15.1 Å². The van der Waals surface area contributed by atoms with E-state index in [1.165, 1.54) is 27.9 Å². The molecule has 1 aromatic carbocycles. The molecule has 0 saturated carbocycles. The predicted molar refractivity (Wildman–Crippen MR) is 113 cm³/mol. The Balaban J connectivity index is 1.66. The van der Waals surface area contributed by atoms with E-state index in [4.69, 9.17) is 39.5 Å². The number of halogens is 3. The van der Waals surface area contributed by atoms with Gasteiger partial charge in [-0.2, -0.15) is 4.31 Å². The van der Waals surface area contributed by atoms with Gasteiger partial charge in [-0.25, -0.2) is 13.2 Å². The third kappa shape index (κ3) is 5.04. The topological polar surface area (TPSA) is 92.8 Å². The molecular formula is C17H15Cl3N2O5S2. The number of nitrogens with zero attached hydrogens (tertiary/aromatic N) is 1. The summed E-state index contributed by atoms with van der Waals surface area (Å²) in [6.45, 7) is 0.185. The average molecular weight is 498 g/mol. The number of sulfonamides is 1. The zero-order chi connectivity index (χ0) is 21.2. The van der Waals surface area contributed by atoms with E-state index in [1.54, 1.807) is 0 Å². The maximum absolute atomic E-state index is 12.7. The highest BCUT2D eigenvalue weighted by atomic mass is 35.5. The fourth-order valence-electron chi connectivity index (χ4n) is 2.75. The minimum Gasteiger partial charge on any atom is -0.451 e. The number of carbonyl (C=O) groups excluding carboxylic acids is 2. The Morgan fingerprint density at radius 3 is 2.38 bits per heavy atom. The molecule has 12 heteroatoms. The molecule has 0 bridgehead atoms. The first-order valence-corrected chi connectivity index (χ1v) is 11.8. The number of esters is 1. The Morgan fingerprint density at radius 1 is 1.14 bits per heavy atom. The van der Waals surface area contributed by atoms with E-state index in [0.717, 1.165) is 24.2 Å². The van der Waals surface area contributed by atoms with E-state index in [9.17, 15) is 18.0 Å². The summed E-state index contributed by atoms with van der Waals surface area (Å²) in [4.78, 5) is 24.3. The summed E-state index contributed by atoms with van der Waals surface area (Å²) >= 11 is 18.7. The molecule has 7 nitrogen and oxygen atoms in total. The van der Waals surface area contributed by atoms with Gasteiger partial charge in [-0.05, 0) is 36.4 Å². The summed E-state index contributed by atoms with van der Waals surface area (Å²) in [7, 11) is -3.78. The number of ether oxygens (including phenoxy) is 1. The first kappa shape index (κ1) is 22.3. The van der Waals surface area contributed by atoms with Crippen molar-refractivity contribution in [2.75, 3.05) is 25.0 Å². The molecule has 29 heavy (non-hydrogen) atoms. The highest BCUT2D eigenvalue weighted by Gasteiger charge is 2.32. The fraction of sp³-hybridized carbons (Fsp3) is 0.294. The summed E-state index contributed by atoms with van der Waals surface area (Å²) in [5, 5.41) is 4.48. The predicted octanol–water partition coefficient (Wildman–Crippen LogP) is 4.29. The second kappa shape index (κ2) is 9.20. The minimum atomic E-state index is -3.78. The molecule has 1 amide bonds. The Hall–Kier alpha value is -1.36. The van der Waals surface area contributed by atoms with Crippen molar-refractivity contribution in [3.05, 3.63) is 43.5 Å². The normalized spacial score (nSPS) is 14.7. The first-order chi connectivity index (χ1) is 13.7. The molecule has 0 radical (unpaired) electrons. The van der Waals surface area contributed by atoms with E-state index in [0.29, 0.717) is 18.1 Å². The van der Waals surface area contributed by atoms with E-state index >= 15 is 0 Å². The van der Waals surface area contributed by atoms with Gasteiger partial charge >= 0.3 is 5.97 Å². The quantitative estimate of drug-likeness (QED) is 0.601. The van der Waals surface area contributed by atoms with Gasteiger partial charge in [0.1, 0.15) is 9.77 Å². The maximum Gasteiger partial charge on any atom is 0.350 e. The van der Waals surface area contributed by atoms with Crippen LogP contribution in [-0.4, -0.2) is 44.3 Å². The lowest BCUT2D eigenvalue weighted by Gasteiger charge is -2.15. The summed E-state index contributed by atoms with van der Waals surface area (Å²) in [5.74, 6) is -1.59. The van der Waals surface area contributed by atoms with Gasteiger partial charge < -0.3 is 10.1 Å². The molecule has 0 aliphatic carbocycles. The second-order valence-electron chi connectivity index (χ2n) is 6.09. The van der Waals surface area contributed by atoms with Crippen LogP contribution in [-0.2, 0) is 19.6 Å². The number of rotatable bonds is 6. The van der Waals surface area contributed by atoms with Crippen molar-refractivity contribution in [3.8, 4) is 0 Å². The number of anilines is 1. The zero-order valence-corrected chi connectivity index (χ0v) is 18.7. The molecule has 1 aliphatic heterocycles. The number of benzene rings is 1. The van der Waals surface area contributed by atoms with Crippen molar-refractivity contribution in [2.45, 2.75) is 17.7 Å². The smallest absolute Gasteiger partial charge is 0.350 e. The average Bonchev–Trinajstić information content (AvgIpc) is 3.34. The second-order valence-corrected chi connectivity index (χ2v) is 10.2. The van der Waals surface area contributed by atoms with Gasteiger partial charge in [0.25, 0.3) is 5.91 Å². The van der Waals surface area contributed by atoms with Crippen molar-refractivity contribution in [3.63, 3.8) is 0 Å². The largest absolute Gasteiger partial charge is 0.451 e. The van der Waals surface area contributed by atoms with Crippen molar-refractivity contribution >= 4 is 73.7 Å². The molecule has 156 valence electrons. The van der Waals surface area contributed by atoms with Gasteiger partial charge in [-0.3, -0.25) is 4.79 Å². The number of hydrogen-bond acceptors (Lipinski definition) is 6. The van der Waals surface area contributed by atoms with E-state index in [2.05, 4.69) is 5.32 Å². The van der Waals surface area contributed by atoms with Crippen molar-refractivity contribution in [2.24, 2.45) is 0 Å². The lowest BCUT2D eigenvalue weighted by atomic mass is 10.3. The van der Waals surface area contributed by atoms with Crippen LogP contribution in [0, 0.1) is 0 Å². The number of amides is 1. The van der Waals surface area contributed by atoms with Crippen molar-refractivity contribution < 1.29 is 22.7 Å². The highest BCUT2D eigenvalue weighted by Crippen LogP contribution is 2.33. The summed E-state index contributed by atoms with van der Waals surface area (Å²) in [5.41, 5.74) is 0.132. The molecule has 2 aromatic rings. The number of hydrogen-bond donors (Lipinski definition) is 1. The molecule has 2 heterocycles. The van der Waals surface area contributed by atoms with Crippen LogP contribution < -0.4 is 5.32 Å². The van der Waals surface area contributed by atoms with Gasteiger partial charge in [0, 0.05) is 18.1 Å². The first-order valence-electron chi connectivity index (χ1n) is 8.39. The summed E-state index contributed by atoms with van der Waals surface area (Å²) in [6, 6.07) is 4.16. The third-order valence-electron chi connectivity index (χ3n) is 4.10. The van der Waals surface area contributed by atoms with Crippen LogP contribution in [0.3, 0.4) is 0 Å². The SMILES string of the molecule is O=C(COC(=O)c1sccc1S(=O)(=O)N1CCCC1)Nc1c(Cl)cc(Cl)cc1Cl. The Morgan fingerprint density at radius 2 is 1.76 bits per heavy atom. The molecule has 0 spiro atoms. The van der Waals surface area contributed by atoms with Gasteiger partial charge in [-0.1, -0.05) is 34.8 Å². The molecular weight excluding hydrogens is 483 g/mol. The molecule has 1 aliphatic rings. The van der Waals surface area contributed by atoms with Gasteiger partial charge in [0.15, 0.2) is 6.61 Å². The number of nitrogens with one attached hydrogen (secondary N) is 1. The van der Waals surface area contributed by atoms with Crippen LogP contribution in [0.25, 0.3) is 0 Å². The lowest BCUT2D eigenvalue weighted by molar-refractivity contribution is -0.119. The van der Waals surface area contributed by atoms with Gasteiger partial charge in [0.2, 0.25) is 10.0 Å².